The number of anilines is 1. The third kappa shape index (κ3) is 3.80. The van der Waals surface area contributed by atoms with E-state index in [0.29, 0.717) is 11.1 Å². The fourth-order valence-electron chi connectivity index (χ4n) is 1.88. The molecule has 1 N–H and O–H groups in total. The van der Waals surface area contributed by atoms with Gasteiger partial charge in [-0.25, -0.2) is 0 Å². The number of rotatable bonds is 4. The van der Waals surface area contributed by atoms with Gasteiger partial charge in [0.15, 0.2) is 5.78 Å². The zero-order valence-corrected chi connectivity index (χ0v) is 12.1. The van der Waals surface area contributed by atoms with Crippen LogP contribution in [0.2, 0.25) is 0 Å². The molecule has 21 heavy (non-hydrogen) atoms. The summed E-state index contributed by atoms with van der Waals surface area (Å²) < 4.78 is 0. The van der Waals surface area contributed by atoms with Crippen molar-refractivity contribution in [3.8, 4) is 6.07 Å². The van der Waals surface area contributed by atoms with E-state index in [1.165, 1.54) is 11.6 Å². The Balaban J connectivity index is 2.05. The van der Waals surface area contributed by atoms with Crippen LogP contribution < -0.4 is 5.32 Å². The number of ketones is 1. The van der Waals surface area contributed by atoms with E-state index in [0.717, 1.165) is 11.3 Å². The van der Waals surface area contributed by atoms with Crippen molar-refractivity contribution in [2.24, 2.45) is 0 Å². The molecule has 2 aromatic rings. The number of allylic oxidation sites excluding steroid dienone is 1. The minimum absolute atomic E-state index is 0.0537. The van der Waals surface area contributed by atoms with Crippen molar-refractivity contribution in [3.05, 3.63) is 77.0 Å². The molecule has 0 heterocycles. The van der Waals surface area contributed by atoms with Gasteiger partial charge in [-0.2, -0.15) is 5.26 Å². The van der Waals surface area contributed by atoms with Gasteiger partial charge in [0, 0.05) is 23.5 Å². The summed E-state index contributed by atoms with van der Waals surface area (Å²) in [5.41, 5.74) is 4.29. The maximum absolute atomic E-state index is 12.0. The topological polar surface area (TPSA) is 52.9 Å². The number of benzene rings is 2. The van der Waals surface area contributed by atoms with Crippen LogP contribution in [0.25, 0.3) is 0 Å². The lowest BCUT2D eigenvalue weighted by Gasteiger charge is -2.03. The number of hydrogen-bond acceptors (Lipinski definition) is 3. The first-order valence-electron chi connectivity index (χ1n) is 6.65. The molecule has 0 aliphatic carbocycles. The summed E-state index contributed by atoms with van der Waals surface area (Å²) in [5, 5.41) is 11.8. The first-order chi connectivity index (χ1) is 10.1. The van der Waals surface area contributed by atoms with E-state index in [-0.39, 0.29) is 5.78 Å². The van der Waals surface area contributed by atoms with Crippen molar-refractivity contribution in [3.63, 3.8) is 0 Å². The molecule has 0 atom stereocenters. The summed E-state index contributed by atoms with van der Waals surface area (Å²) in [4.78, 5) is 12.0. The quantitative estimate of drug-likeness (QED) is 0.678. The van der Waals surface area contributed by atoms with Crippen LogP contribution in [0, 0.1) is 25.2 Å². The Labute approximate surface area is 124 Å². The minimum atomic E-state index is -0.0537. The lowest BCUT2D eigenvalue weighted by Crippen LogP contribution is -1.97. The Kier molecular flexibility index (Phi) is 4.53. The summed E-state index contributed by atoms with van der Waals surface area (Å²) in [6, 6.07) is 14.8. The molecule has 2 rings (SSSR count). The van der Waals surface area contributed by atoms with Gasteiger partial charge in [-0.3, -0.25) is 4.79 Å². The average molecular weight is 276 g/mol. The Bertz CT molecular complexity index is 739. The molecule has 0 saturated heterocycles. The van der Waals surface area contributed by atoms with Crippen LogP contribution >= 0.6 is 0 Å². The predicted molar refractivity (Wildman–Crippen MR) is 84.2 cm³/mol. The molecule has 0 aliphatic heterocycles. The fraction of sp³-hybridized carbons (Fsp3) is 0.111. The van der Waals surface area contributed by atoms with Gasteiger partial charge in [0.2, 0.25) is 0 Å². The summed E-state index contributed by atoms with van der Waals surface area (Å²) in [6.07, 6.45) is 3.08. The first-order valence-corrected chi connectivity index (χ1v) is 6.65. The standard InChI is InChI=1S/C18H16N2O/c1-13-6-7-16(10-14(13)2)18(21)8-9-20-17-5-3-4-15(11-17)12-19/h3-11,20H,1-2H3. The molecule has 0 saturated carbocycles. The highest BCUT2D eigenvalue weighted by Crippen LogP contribution is 2.12. The summed E-state index contributed by atoms with van der Waals surface area (Å²) in [6.45, 7) is 4.00. The number of nitrogens with zero attached hydrogens (tertiary/aromatic N) is 1. The molecule has 0 fully saturated rings. The lowest BCUT2D eigenvalue weighted by atomic mass is 10.0. The molecule has 3 heteroatoms. The number of hydrogen-bond donors (Lipinski definition) is 1. The van der Waals surface area contributed by atoms with Crippen LogP contribution in [0.15, 0.2) is 54.7 Å². The summed E-state index contributed by atoms with van der Waals surface area (Å²) in [5.74, 6) is -0.0537. The van der Waals surface area contributed by atoms with Gasteiger partial charge in [0.05, 0.1) is 11.6 Å². The zero-order valence-electron chi connectivity index (χ0n) is 12.1. The van der Waals surface area contributed by atoms with Crippen molar-refractivity contribution in [2.75, 3.05) is 5.32 Å². The van der Waals surface area contributed by atoms with Gasteiger partial charge >= 0.3 is 0 Å². The van der Waals surface area contributed by atoms with Gasteiger partial charge in [0.25, 0.3) is 0 Å². The summed E-state index contributed by atoms with van der Waals surface area (Å²) >= 11 is 0. The van der Waals surface area contributed by atoms with E-state index in [2.05, 4.69) is 11.4 Å². The smallest absolute Gasteiger partial charge is 0.187 e. The van der Waals surface area contributed by atoms with E-state index in [1.807, 2.05) is 38.1 Å². The largest absolute Gasteiger partial charge is 0.362 e. The van der Waals surface area contributed by atoms with Gasteiger partial charge in [0.1, 0.15) is 0 Å². The highest BCUT2D eigenvalue weighted by atomic mass is 16.1. The molecule has 2 aromatic carbocycles. The first kappa shape index (κ1) is 14.5. The maximum Gasteiger partial charge on any atom is 0.187 e. The third-order valence-electron chi connectivity index (χ3n) is 3.27. The second kappa shape index (κ2) is 6.53. The molecule has 0 amide bonds. The van der Waals surface area contributed by atoms with Crippen LogP contribution in [0.5, 0.6) is 0 Å². The second-order valence-electron chi connectivity index (χ2n) is 4.83. The molecule has 0 aromatic heterocycles. The minimum Gasteiger partial charge on any atom is -0.362 e. The molecule has 0 unspecified atom stereocenters. The van der Waals surface area contributed by atoms with Gasteiger partial charge in [-0.05, 0) is 49.2 Å². The van der Waals surface area contributed by atoms with Crippen molar-refractivity contribution in [1.29, 1.82) is 5.26 Å². The molecule has 104 valence electrons. The second-order valence-corrected chi connectivity index (χ2v) is 4.83. The predicted octanol–water partition coefficient (Wildman–Crippen LogP) is 3.98. The third-order valence-corrected chi connectivity index (χ3v) is 3.27. The number of nitrogens with one attached hydrogen (secondary N) is 1. The molecule has 0 spiro atoms. The van der Waals surface area contributed by atoms with E-state index in [1.54, 1.807) is 24.4 Å². The van der Waals surface area contributed by atoms with Crippen LogP contribution in [0.4, 0.5) is 5.69 Å². The Morgan fingerprint density at radius 2 is 1.95 bits per heavy atom. The number of carbonyl (C=O) groups excluding carboxylic acids is 1. The average Bonchev–Trinajstić information content (AvgIpc) is 2.50. The maximum atomic E-state index is 12.0. The monoisotopic (exact) mass is 276 g/mol. The number of nitriles is 1. The molecular weight excluding hydrogens is 260 g/mol. The fourth-order valence-corrected chi connectivity index (χ4v) is 1.88. The van der Waals surface area contributed by atoms with Gasteiger partial charge < -0.3 is 5.32 Å². The van der Waals surface area contributed by atoms with Crippen molar-refractivity contribution >= 4 is 11.5 Å². The van der Waals surface area contributed by atoms with E-state index >= 15 is 0 Å². The number of carbonyl (C=O) groups is 1. The highest BCUT2D eigenvalue weighted by Gasteiger charge is 2.03. The Morgan fingerprint density at radius 1 is 1.14 bits per heavy atom. The van der Waals surface area contributed by atoms with Crippen molar-refractivity contribution in [1.82, 2.24) is 0 Å². The molecule has 0 bridgehead atoms. The molecule has 0 radical (unpaired) electrons. The van der Waals surface area contributed by atoms with Crippen LogP contribution in [-0.4, -0.2) is 5.78 Å². The highest BCUT2D eigenvalue weighted by molar-refractivity contribution is 6.04. The molecule has 3 nitrogen and oxygen atoms in total. The van der Waals surface area contributed by atoms with Crippen molar-refractivity contribution < 1.29 is 4.79 Å². The molecule has 0 aliphatic rings. The summed E-state index contributed by atoms with van der Waals surface area (Å²) in [7, 11) is 0. The number of aryl methyl sites for hydroxylation is 2. The van der Waals surface area contributed by atoms with E-state index < -0.39 is 0 Å². The van der Waals surface area contributed by atoms with Crippen LogP contribution in [0.1, 0.15) is 27.0 Å². The Hall–Kier alpha value is -2.86. The lowest BCUT2D eigenvalue weighted by molar-refractivity contribution is 0.104. The van der Waals surface area contributed by atoms with Crippen LogP contribution in [0.3, 0.4) is 0 Å². The van der Waals surface area contributed by atoms with E-state index in [4.69, 9.17) is 5.26 Å². The SMILES string of the molecule is Cc1ccc(C(=O)C=CNc2cccc(C#N)c2)cc1C. The molecular formula is C18H16N2O. The normalized spacial score (nSPS) is 10.3. The Morgan fingerprint density at radius 3 is 2.67 bits per heavy atom. The van der Waals surface area contributed by atoms with Gasteiger partial charge in [-0.15, -0.1) is 0 Å². The van der Waals surface area contributed by atoms with Gasteiger partial charge in [-0.1, -0.05) is 18.2 Å². The zero-order chi connectivity index (χ0) is 15.2. The van der Waals surface area contributed by atoms with E-state index in [9.17, 15) is 4.79 Å². The van der Waals surface area contributed by atoms with Crippen LogP contribution in [-0.2, 0) is 0 Å². The van der Waals surface area contributed by atoms with Crippen molar-refractivity contribution in [2.45, 2.75) is 13.8 Å².